The summed E-state index contributed by atoms with van der Waals surface area (Å²) in [6.07, 6.45) is 0. The Balaban J connectivity index is 2.04. The lowest BCUT2D eigenvalue weighted by Crippen LogP contribution is -2.39. The molecular weight excluding hydrogens is 360 g/mol. The molecule has 1 N–H and O–H groups in total. The molecule has 1 atom stereocenters. The average Bonchev–Trinajstić information content (AvgIpc) is 2.66. The fourth-order valence-electron chi connectivity index (χ4n) is 3.35. The van der Waals surface area contributed by atoms with Gasteiger partial charge in [0.2, 0.25) is 0 Å². The van der Waals surface area contributed by atoms with Crippen LogP contribution in [0, 0.1) is 6.92 Å². The predicted molar refractivity (Wildman–Crippen MR) is 109 cm³/mol. The first kappa shape index (κ1) is 17.3. The first-order valence-electron chi connectivity index (χ1n) is 8.60. The Morgan fingerprint density at radius 2 is 1.56 bits per heavy atom. The quantitative estimate of drug-likeness (QED) is 0.580. The van der Waals surface area contributed by atoms with Crippen LogP contribution in [0.3, 0.4) is 0 Å². The van der Waals surface area contributed by atoms with Gasteiger partial charge in [-0.1, -0.05) is 60.1 Å². The first-order chi connectivity index (χ1) is 13.0. The molecule has 27 heavy (non-hydrogen) atoms. The van der Waals surface area contributed by atoms with Crippen molar-refractivity contribution in [2.24, 2.45) is 0 Å². The first-order valence-corrected chi connectivity index (χ1v) is 8.98. The third kappa shape index (κ3) is 3.20. The predicted octanol–water partition coefficient (Wildman–Crippen LogP) is 4.29. The maximum Gasteiger partial charge on any atom is 0.329 e. The number of fused-ring (bicyclic) bond motifs is 1. The van der Waals surface area contributed by atoms with Crippen LogP contribution in [-0.2, 0) is 0 Å². The molecule has 0 saturated heterocycles. The minimum atomic E-state index is -0.551. The van der Waals surface area contributed by atoms with E-state index in [1.807, 2.05) is 61.5 Å². The number of H-pyrrole nitrogens is 1. The van der Waals surface area contributed by atoms with Crippen LogP contribution in [0.15, 0.2) is 82.4 Å². The molecule has 0 spiro atoms. The van der Waals surface area contributed by atoms with Gasteiger partial charge in [-0.2, -0.15) is 0 Å². The molecule has 0 aliphatic heterocycles. The molecule has 0 amide bonds. The highest BCUT2D eigenvalue weighted by molar-refractivity contribution is 6.30. The van der Waals surface area contributed by atoms with Crippen LogP contribution in [-0.4, -0.2) is 9.55 Å². The minimum absolute atomic E-state index is 0.322. The van der Waals surface area contributed by atoms with E-state index >= 15 is 0 Å². The maximum atomic E-state index is 13.2. The van der Waals surface area contributed by atoms with Crippen molar-refractivity contribution in [1.82, 2.24) is 9.55 Å². The zero-order chi connectivity index (χ0) is 19.0. The van der Waals surface area contributed by atoms with Gasteiger partial charge in [-0.05, 0) is 47.9 Å². The van der Waals surface area contributed by atoms with Crippen LogP contribution in [0.2, 0.25) is 5.02 Å². The highest BCUT2D eigenvalue weighted by Crippen LogP contribution is 2.26. The highest BCUT2D eigenvalue weighted by Gasteiger charge is 2.21. The molecule has 0 bridgehead atoms. The zero-order valence-corrected chi connectivity index (χ0v) is 15.4. The molecule has 0 radical (unpaired) electrons. The molecule has 134 valence electrons. The van der Waals surface area contributed by atoms with E-state index in [9.17, 15) is 9.59 Å². The molecule has 4 rings (SSSR count). The van der Waals surface area contributed by atoms with Gasteiger partial charge in [0.15, 0.2) is 0 Å². The van der Waals surface area contributed by atoms with Crippen LogP contribution in [0.1, 0.15) is 22.7 Å². The van der Waals surface area contributed by atoms with Gasteiger partial charge in [0.25, 0.3) is 5.56 Å². The van der Waals surface area contributed by atoms with Crippen LogP contribution in [0.25, 0.3) is 10.9 Å². The molecule has 0 aliphatic rings. The van der Waals surface area contributed by atoms with E-state index in [0.29, 0.717) is 15.9 Å². The number of hydrogen-bond donors (Lipinski definition) is 1. The zero-order valence-electron chi connectivity index (χ0n) is 14.6. The molecule has 5 heteroatoms. The lowest BCUT2D eigenvalue weighted by Gasteiger charge is -2.20. The normalized spacial score (nSPS) is 12.2. The number of aromatic amines is 1. The highest BCUT2D eigenvalue weighted by atomic mass is 35.5. The van der Waals surface area contributed by atoms with E-state index in [1.165, 1.54) is 4.57 Å². The molecule has 4 aromatic rings. The Labute approximate surface area is 160 Å². The van der Waals surface area contributed by atoms with Crippen molar-refractivity contribution >= 4 is 22.5 Å². The van der Waals surface area contributed by atoms with E-state index in [-0.39, 0.29) is 5.56 Å². The summed E-state index contributed by atoms with van der Waals surface area (Å²) >= 11 is 6.03. The van der Waals surface area contributed by atoms with Crippen molar-refractivity contribution in [2.75, 3.05) is 0 Å². The van der Waals surface area contributed by atoms with E-state index in [4.69, 9.17) is 11.6 Å². The van der Waals surface area contributed by atoms with Crippen molar-refractivity contribution in [3.63, 3.8) is 0 Å². The van der Waals surface area contributed by atoms with E-state index < -0.39 is 11.7 Å². The fourth-order valence-corrected chi connectivity index (χ4v) is 3.48. The van der Waals surface area contributed by atoms with Crippen molar-refractivity contribution in [3.05, 3.63) is 115 Å². The smallest absolute Gasteiger partial charge is 0.307 e. The summed E-state index contributed by atoms with van der Waals surface area (Å²) in [5.74, 6) is 0. The third-order valence-electron chi connectivity index (χ3n) is 4.64. The Hall–Kier alpha value is -3.11. The Bertz CT molecular complexity index is 1230. The molecule has 3 aromatic carbocycles. The number of aromatic nitrogens is 2. The van der Waals surface area contributed by atoms with Gasteiger partial charge in [-0.15, -0.1) is 0 Å². The molecule has 0 aliphatic carbocycles. The summed E-state index contributed by atoms with van der Waals surface area (Å²) in [6, 6.07) is 21.6. The lowest BCUT2D eigenvalue weighted by atomic mass is 9.98. The van der Waals surface area contributed by atoms with E-state index in [2.05, 4.69) is 4.98 Å². The van der Waals surface area contributed by atoms with Crippen molar-refractivity contribution in [2.45, 2.75) is 13.0 Å². The number of nitrogens with one attached hydrogen (secondary N) is 1. The van der Waals surface area contributed by atoms with Crippen LogP contribution in [0.4, 0.5) is 0 Å². The number of rotatable bonds is 3. The van der Waals surface area contributed by atoms with Gasteiger partial charge < -0.3 is 4.98 Å². The monoisotopic (exact) mass is 376 g/mol. The molecule has 1 unspecified atom stereocenters. The molecule has 4 nitrogen and oxygen atoms in total. The minimum Gasteiger partial charge on any atom is -0.307 e. The number of aryl methyl sites for hydroxylation is 1. The van der Waals surface area contributed by atoms with Gasteiger partial charge in [0, 0.05) is 5.02 Å². The Kier molecular flexibility index (Phi) is 4.42. The summed E-state index contributed by atoms with van der Waals surface area (Å²) in [6.45, 7) is 1.92. The molecular formula is C22H17ClN2O2. The molecule has 1 aromatic heterocycles. The summed E-state index contributed by atoms with van der Waals surface area (Å²) in [4.78, 5) is 29.0. The molecule has 0 saturated carbocycles. The second-order valence-electron chi connectivity index (χ2n) is 6.52. The van der Waals surface area contributed by atoms with Crippen LogP contribution < -0.4 is 11.2 Å². The van der Waals surface area contributed by atoms with E-state index in [0.717, 1.165) is 16.7 Å². The van der Waals surface area contributed by atoms with Gasteiger partial charge in [0.05, 0.1) is 16.9 Å². The summed E-state index contributed by atoms with van der Waals surface area (Å²) in [7, 11) is 0. The standard InChI is InChI=1S/C22H17ClN2O2/c1-14-7-12-18-19(13-14)24-22(27)25(21(18)26)20(15-5-3-2-4-6-15)16-8-10-17(23)11-9-16/h2-13,20H,1H3,(H,24,27). The van der Waals surface area contributed by atoms with Gasteiger partial charge in [0.1, 0.15) is 0 Å². The average molecular weight is 377 g/mol. The Morgan fingerprint density at radius 3 is 2.26 bits per heavy atom. The molecule has 1 heterocycles. The van der Waals surface area contributed by atoms with Gasteiger partial charge in [-0.3, -0.25) is 4.79 Å². The molecule has 0 fully saturated rings. The number of hydrogen-bond acceptors (Lipinski definition) is 2. The fraction of sp³-hybridized carbons (Fsp3) is 0.0909. The van der Waals surface area contributed by atoms with Crippen molar-refractivity contribution < 1.29 is 0 Å². The van der Waals surface area contributed by atoms with Gasteiger partial charge in [-0.25, -0.2) is 9.36 Å². The topological polar surface area (TPSA) is 54.9 Å². The largest absolute Gasteiger partial charge is 0.329 e. The summed E-state index contributed by atoms with van der Waals surface area (Å²) in [5.41, 5.74) is 2.42. The summed E-state index contributed by atoms with van der Waals surface area (Å²) < 4.78 is 1.27. The van der Waals surface area contributed by atoms with Crippen molar-refractivity contribution in [1.29, 1.82) is 0 Å². The van der Waals surface area contributed by atoms with Gasteiger partial charge >= 0.3 is 5.69 Å². The second-order valence-corrected chi connectivity index (χ2v) is 6.96. The summed E-state index contributed by atoms with van der Waals surface area (Å²) in [5, 5.41) is 1.08. The Morgan fingerprint density at radius 1 is 0.889 bits per heavy atom. The van der Waals surface area contributed by atoms with E-state index in [1.54, 1.807) is 18.2 Å². The second kappa shape index (κ2) is 6.89. The van der Waals surface area contributed by atoms with Crippen LogP contribution in [0.5, 0.6) is 0 Å². The van der Waals surface area contributed by atoms with Crippen molar-refractivity contribution in [3.8, 4) is 0 Å². The number of nitrogens with zero attached hydrogens (tertiary/aromatic N) is 1. The number of benzene rings is 3. The van der Waals surface area contributed by atoms with Crippen LogP contribution >= 0.6 is 11.6 Å². The number of halogens is 1. The SMILES string of the molecule is Cc1ccc2c(=O)n(C(c3ccccc3)c3ccc(Cl)cc3)c(=O)[nH]c2c1. The lowest BCUT2D eigenvalue weighted by molar-refractivity contribution is 0.617. The third-order valence-corrected chi connectivity index (χ3v) is 4.90. The maximum absolute atomic E-state index is 13.2.